The van der Waals surface area contributed by atoms with Crippen molar-refractivity contribution < 1.29 is 29.4 Å². The SMILES string of the molecule is CCC(C)C(NC(=O)C(N)CCCN=C(N)N)C(=O)NC(C(=O)N1CCCC1C(=O)O)C(C)O. The van der Waals surface area contributed by atoms with Gasteiger partial charge in [-0.2, -0.15) is 0 Å². The van der Waals surface area contributed by atoms with Gasteiger partial charge in [0.1, 0.15) is 18.1 Å². The number of aliphatic carboxylic acids is 1. The first-order chi connectivity index (χ1) is 15.9. The van der Waals surface area contributed by atoms with Crippen LogP contribution in [0, 0.1) is 5.92 Å². The fourth-order valence-electron chi connectivity index (χ4n) is 3.71. The van der Waals surface area contributed by atoms with Crippen molar-refractivity contribution in [2.24, 2.45) is 28.1 Å². The maximum atomic E-state index is 13.1. The summed E-state index contributed by atoms with van der Waals surface area (Å²) in [5.41, 5.74) is 16.5. The van der Waals surface area contributed by atoms with E-state index < -0.39 is 54.0 Å². The van der Waals surface area contributed by atoms with E-state index in [2.05, 4.69) is 15.6 Å². The zero-order valence-corrected chi connectivity index (χ0v) is 20.1. The quantitative estimate of drug-likeness (QED) is 0.0854. The Labute approximate surface area is 199 Å². The minimum atomic E-state index is -1.36. The Morgan fingerprint density at radius 2 is 1.74 bits per heavy atom. The van der Waals surface area contributed by atoms with Gasteiger partial charge in [-0.1, -0.05) is 20.3 Å². The smallest absolute Gasteiger partial charge is 0.326 e. The van der Waals surface area contributed by atoms with Gasteiger partial charge in [0.2, 0.25) is 17.7 Å². The first-order valence-corrected chi connectivity index (χ1v) is 11.5. The molecule has 1 rings (SSSR count). The Morgan fingerprint density at radius 3 is 2.26 bits per heavy atom. The molecule has 0 aliphatic carbocycles. The van der Waals surface area contributed by atoms with Gasteiger partial charge in [0, 0.05) is 13.1 Å². The third-order valence-corrected chi connectivity index (χ3v) is 5.96. The number of nitrogens with one attached hydrogen (secondary N) is 2. The van der Waals surface area contributed by atoms with Crippen molar-refractivity contribution in [3.8, 4) is 0 Å². The molecule has 13 heteroatoms. The van der Waals surface area contributed by atoms with Crippen LogP contribution in [0.4, 0.5) is 0 Å². The average Bonchev–Trinajstić information content (AvgIpc) is 3.27. The van der Waals surface area contributed by atoms with Crippen LogP contribution in [0.1, 0.15) is 52.9 Å². The number of aliphatic imine (C=N–C) groups is 1. The Morgan fingerprint density at radius 1 is 1.12 bits per heavy atom. The summed E-state index contributed by atoms with van der Waals surface area (Å²) in [6, 6.07) is -4.27. The third-order valence-electron chi connectivity index (χ3n) is 5.96. The van der Waals surface area contributed by atoms with E-state index in [1.807, 2.05) is 6.92 Å². The molecule has 0 aromatic rings. The van der Waals surface area contributed by atoms with Gasteiger partial charge < -0.3 is 42.9 Å². The number of aliphatic hydroxyl groups excluding tert-OH is 1. The number of likely N-dealkylation sites (tertiary alicyclic amines) is 1. The second kappa shape index (κ2) is 13.7. The van der Waals surface area contributed by atoms with E-state index in [0.29, 0.717) is 32.2 Å². The highest BCUT2D eigenvalue weighted by molar-refractivity contribution is 5.94. The Hall–Kier alpha value is -2.93. The van der Waals surface area contributed by atoms with Crippen molar-refractivity contribution in [1.82, 2.24) is 15.5 Å². The Balaban J connectivity index is 2.89. The van der Waals surface area contributed by atoms with E-state index in [-0.39, 0.29) is 24.8 Å². The van der Waals surface area contributed by atoms with E-state index >= 15 is 0 Å². The largest absolute Gasteiger partial charge is 0.480 e. The summed E-state index contributed by atoms with van der Waals surface area (Å²) in [5.74, 6) is -3.39. The van der Waals surface area contributed by atoms with Crippen LogP contribution >= 0.6 is 0 Å². The number of guanidine groups is 1. The molecule has 1 saturated heterocycles. The second-order valence-electron chi connectivity index (χ2n) is 8.68. The fraction of sp³-hybridized carbons (Fsp3) is 0.762. The molecular weight excluding hydrogens is 446 g/mol. The highest BCUT2D eigenvalue weighted by Crippen LogP contribution is 2.19. The standard InChI is InChI=1S/C21H39N7O6/c1-4-11(2)15(26-17(30)13(22)7-5-9-25-21(23)24)18(31)27-16(12(3)29)19(32)28-10-6-8-14(28)20(33)34/h11-16,29H,4-10,22H2,1-3H3,(H,26,30)(H,27,31)(H,33,34)(H4,23,24,25). The number of hydrogen-bond donors (Lipinski definition) is 7. The van der Waals surface area contributed by atoms with Crippen LogP contribution in [0.15, 0.2) is 4.99 Å². The molecule has 3 amide bonds. The highest BCUT2D eigenvalue weighted by Gasteiger charge is 2.40. The zero-order valence-electron chi connectivity index (χ0n) is 20.1. The van der Waals surface area contributed by atoms with Crippen molar-refractivity contribution >= 4 is 29.7 Å². The molecule has 34 heavy (non-hydrogen) atoms. The van der Waals surface area contributed by atoms with Gasteiger partial charge >= 0.3 is 5.97 Å². The molecule has 6 atom stereocenters. The summed E-state index contributed by atoms with van der Waals surface area (Å²) in [7, 11) is 0. The number of carboxylic acid groups (broad SMARTS) is 1. The van der Waals surface area contributed by atoms with E-state index in [0.717, 1.165) is 4.90 Å². The first kappa shape index (κ1) is 29.1. The summed E-state index contributed by atoms with van der Waals surface area (Å²) in [6.07, 6.45) is 0.823. The number of carboxylic acids is 1. The van der Waals surface area contributed by atoms with Crippen LogP contribution < -0.4 is 27.8 Å². The minimum Gasteiger partial charge on any atom is -0.480 e. The lowest BCUT2D eigenvalue weighted by Gasteiger charge is -2.31. The van der Waals surface area contributed by atoms with Crippen LogP contribution in [0.2, 0.25) is 0 Å². The molecular formula is C21H39N7O6. The zero-order chi connectivity index (χ0) is 26.0. The van der Waals surface area contributed by atoms with Crippen molar-refractivity contribution in [3.63, 3.8) is 0 Å². The van der Waals surface area contributed by atoms with Crippen LogP contribution in [0.25, 0.3) is 0 Å². The number of nitrogens with zero attached hydrogens (tertiary/aromatic N) is 2. The van der Waals surface area contributed by atoms with Crippen molar-refractivity contribution in [1.29, 1.82) is 0 Å². The maximum Gasteiger partial charge on any atom is 0.326 e. The van der Waals surface area contributed by atoms with Gasteiger partial charge in [-0.15, -0.1) is 0 Å². The van der Waals surface area contributed by atoms with E-state index in [1.54, 1.807) is 6.92 Å². The lowest BCUT2D eigenvalue weighted by atomic mass is 9.96. The second-order valence-corrected chi connectivity index (χ2v) is 8.68. The predicted molar refractivity (Wildman–Crippen MR) is 125 cm³/mol. The molecule has 0 radical (unpaired) electrons. The summed E-state index contributed by atoms with van der Waals surface area (Å²) >= 11 is 0. The summed E-state index contributed by atoms with van der Waals surface area (Å²) in [4.78, 5) is 55.1. The molecule has 6 unspecified atom stereocenters. The molecule has 1 heterocycles. The van der Waals surface area contributed by atoms with Gasteiger partial charge in [-0.25, -0.2) is 4.79 Å². The number of carbonyl (C=O) groups is 4. The van der Waals surface area contributed by atoms with Crippen LogP contribution in [-0.2, 0) is 19.2 Å². The van der Waals surface area contributed by atoms with E-state index in [4.69, 9.17) is 17.2 Å². The number of rotatable bonds is 13. The van der Waals surface area contributed by atoms with Crippen LogP contribution in [0.3, 0.4) is 0 Å². The Bertz CT molecular complexity index is 756. The first-order valence-electron chi connectivity index (χ1n) is 11.5. The maximum absolute atomic E-state index is 13.1. The van der Waals surface area contributed by atoms with Gasteiger partial charge in [-0.3, -0.25) is 19.4 Å². The Kier molecular flexibility index (Phi) is 11.7. The van der Waals surface area contributed by atoms with Gasteiger partial charge in [0.15, 0.2) is 5.96 Å². The average molecular weight is 486 g/mol. The van der Waals surface area contributed by atoms with Gasteiger partial charge in [-0.05, 0) is 38.5 Å². The monoisotopic (exact) mass is 485 g/mol. The van der Waals surface area contributed by atoms with Gasteiger partial charge in [0.05, 0.1) is 12.1 Å². The molecule has 0 bridgehead atoms. The number of hydrogen-bond acceptors (Lipinski definition) is 7. The molecule has 0 spiro atoms. The lowest BCUT2D eigenvalue weighted by Crippen LogP contribution is -2.61. The summed E-state index contributed by atoms with van der Waals surface area (Å²) < 4.78 is 0. The van der Waals surface area contributed by atoms with E-state index in [1.165, 1.54) is 6.92 Å². The normalized spacial score (nSPS) is 19.9. The fourth-order valence-corrected chi connectivity index (χ4v) is 3.71. The molecule has 10 N–H and O–H groups in total. The van der Waals surface area contributed by atoms with Gasteiger partial charge in [0.25, 0.3) is 0 Å². The molecule has 0 aromatic carbocycles. The molecule has 0 aromatic heterocycles. The molecule has 13 nitrogen and oxygen atoms in total. The third kappa shape index (κ3) is 8.45. The predicted octanol–water partition coefficient (Wildman–Crippen LogP) is -2.16. The van der Waals surface area contributed by atoms with Crippen LogP contribution in [-0.4, -0.2) is 88.1 Å². The molecule has 1 aliphatic rings. The number of amides is 3. The van der Waals surface area contributed by atoms with Crippen molar-refractivity contribution in [2.75, 3.05) is 13.1 Å². The minimum absolute atomic E-state index is 0.0580. The molecule has 1 aliphatic heterocycles. The molecule has 194 valence electrons. The lowest BCUT2D eigenvalue weighted by molar-refractivity contribution is -0.151. The molecule has 1 fully saturated rings. The van der Waals surface area contributed by atoms with Crippen molar-refractivity contribution in [2.45, 2.75) is 83.1 Å². The highest BCUT2D eigenvalue weighted by atomic mass is 16.4. The van der Waals surface area contributed by atoms with E-state index in [9.17, 15) is 29.4 Å². The summed E-state index contributed by atoms with van der Waals surface area (Å²) in [6.45, 7) is 5.46. The number of carbonyl (C=O) groups excluding carboxylic acids is 3. The molecule has 0 saturated carbocycles. The number of nitrogens with two attached hydrogens (primary N) is 3. The summed E-state index contributed by atoms with van der Waals surface area (Å²) in [5, 5.41) is 24.7. The topological polar surface area (TPSA) is 226 Å². The van der Waals surface area contributed by atoms with Crippen molar-refractivity contribution in [3.05, 3.63) is 0 Å². The number of aliphatic hydroxyl groups is 1. The van der Waals surface area contributed by atoms with Crippen LogP contribution in [0.5, 0.6) is 0 Å².